The molecule has 1 aromatic carbocycles. The van der Waals surface area contributed by atoms with Crippen molar-refractivity contribution in [1.82, 2.24) is 10.0 Å². The monoisotopic (exact) mass is 331 g/mol. The number of halogens is 1. The lowest BCUT2D eigenvalue weighted by atomic mass is 9.94. The highest BCUT2D eigenvalue weighted by atomic mass is 32.2. The van der Waals surface area contributed by atoms with E-state index in [9.17, 15) is 22.9 Å². The lowest BCUT2D eigenvalue weighted by Gasteiger charge is -2.28. The molecule has 0 spiro atoms. The van der Waals surface area contributed by atoms with Gasteiger partial charge in [0.2, 0.25) is 15.8 Å². The number of piperidine rings is 1. The maximum atomic E-state index is 13.6. The number of nitrogens with one attached hydrogen (secondary N) is 2. The molecule has 0 radical (unpaired) electrons. The van der Waals surface area contributed by atoms with Crippen LogP contribution in [0.2, 0.25) is 0 Å². The Morgan fingerprint density at radius 2 is 2.23 bits per heavy atom. The molecule has 1 aromatic rings. The third-order valence-corrected chi connectivity index (χ3v) is 5.40. The number of nitro benzene ring substituents is 1. The van der Waals surface area contributed by atoms with Gasteiger partial charge in [0, 0.05) is 6.04 Å². The molecule has 0 saturated carbocycles. The van der Waals surface area contributed by atoms with Crippen LogP contribution in [0.25, 0.3) is 0 Å². The van der Waals surface area contributed by atoms with Gasteiger partial charge in [-0.15, -0.1) is 0 Å². The Labute approximate surface area is 128 Å². The minimum absolute atomic E-state index is 0.0936. The quantitative estimate of drug-likeness (QED) is 0.627. The third kappa shape index (κ3) is 3.60. The molecule has 9 heteroatoms. The molecular weight excluding hydrogens is 313 g/mol. The summed E-state index contributed by atoms with van der Waals surface area (Å²) in [7, 11) is -4.17. The molecule has 2 unspecified atom stereocenters. The summed E-state index contributed by atoms with van der Waals surface area (Å²) in [4.78, 5) is 9.28. The lowest BCUT2D eigenvalue weighted by Crippen LogP contribution is -2.44. The molecular formula is C13H18FN3O4S. The second-order valence-corrected chi connectivity index (χ2v) is 7.04. The molecule has 0 aliphatic carbocycles. The first-order chi connectivity index (χ1) is 10.3. The SMILES string of the molecule is CC(NS(=O)(=O)c1cccc(F)c1[N+](=O)[O-])C1CCCNC1. The second kappa shape index (κ2) is 6.67. The average Bonchev–Trinajstić information content (AvgIpc) is 2.47. The predicted molar refractivity (Wildman–Crippen MR) is 78.4 cm³/mol. The molecule has 1 aliphatic heterocycles. The van der Waals surface area contributed by atoms with Crippen molar-refractivity contribution < 1.29 is 17.7 Å². The Morgan fingerprint density at radius 3 is 2.82 bits per heavy atom. The zero-order chi connectivity index (χ0) is 16.3. The van der Waals surface area contributed by atoms with Crippen molar-refractivity contribution in [2.75, 3.05) is 13.1 Å². The molecule has 2 atom stereocenters. The van der Waals surface area contributed by atoms with Gasteiger partial charge in [-0.25, -0.2) is 13.1 Å². The van der Waals surface area contributed by atoms with E-state index in [1.807, 2.05) is 0 Å². The van der Waals surface area contributed by atoms with Crippen molar-refractivity contribution in [2.24, 2.45) is 5.92 Å². The predicted octanol–water partition coefficient (Wildman–Crippen LogP) is 1.40. The third-order valence-electron chi connectivity index (χ3n) is 3.81. The zero-order valence-electron chi connectivity index (χ0n) is 12.1. The highest BCUT2D eigenvalue weighted by molar-refractivity contribution is 7.89. The Kier molecular flexibility index (Phi) is 5.09. The van der Waals surface area contributed by atoms with Crippen molar-refractivity contribution in [2.45, 2.75) is 30.7 Å². The van der Waals surface area contributed by atoms with Crippen LogP contribution in [0.5, 0.6) is 0 Å². The Balaban J connectivity index is 2.27. The van der Waals surface area contributed by atoms with Gasteiger partial charge in [0.05, 0.1) is 4.92 Å². The van der Waals surface area contributed by atoms with Crippen LogP contribution in [-0.2, 0) is 10.0 Å². The van der Waals surface area contributed by atoms with E-state index in [-0.39, 0.29) is 5.92 Å². The second-order valence-electron chi connectivity index (χ2n) is 5.36. The van der Waals surface area contributed by atoms with Gasteiger partial charge in [0.15, 0.2) is 4.90 Å². The van der Waals surface area contributed by atoms with Gasteiger partial charge < -0.3 is 5.32 Å². The molecule has 2 rings (SSSR count). The standard InChI is InChI=1S/C13H18FN3O4S/c1-9(10-4-3-7-15-8-10)16-22(20,21)12-6-2-5-11(14)13(12)17(18)19/h2,5-6,9-10,15-16H,3-4,7-8H2,1H3. The first-order valence-corrected chi connectivity index (χ1v) is 8.47. The summed E-state index contributed by atoms with van der Waals surface area (Å²) in [6.07, 6.45) is 1.80. The molecule has 22 heavy (non-hydrogen) atoms. The first kappa shape index (κ1) is 16.8. The number of benzene rings is 1. The molecule has 1 heterocycles. The normalized spacial score (nSPS) is 20.5. The smallest absolute Gasteiger partial charge is 0.316 e. The molecule has 1 saturated heterocycles. The van der Waals surface area contributed by atoms with E-state index in [1.54, 1.807) is 6.92 Å². The van der Waals surface area contributed by atoms with Gasteiger partial charge in [0.25, 0.3) is 0 Å². The molecule has 0 amide bonds. The van der Waals surface area contributed by atoms with E-state index in [2.05, 4.69) is 10.0 Å². The molecule has 1 fully saturated rings. The van der Waals surface area contributed by atoms with E-state index in [1.165, 1.54) is 0 Å². The largest absolute Gasteiger partial charge is 0.324 e. The summed E-state index contributed by atoms with van der Waals surface area (Å²) in [5.41, 5.74) is -1.02. The van der Waals surface area contributed by atoms with Crippen LogP contribution in [0.4, 0.5) is 10.1 Å². The van der Waals surface area contributed by atoms with Crippen molar-refractivity contribution in [3.63, 3.8) is 0 Å². The van der Waals surface area contributed by atoms with Crippen molar-refractivity contribution >= 4 is 15.7 Å². The highest BCUT2D eigenvalue weighted by Gasteiger charge is 2.32. The average molecular weight is 331 g/mol. The zero-order valence-corrected chi connectivity index (χ0v) is 12.9. The highest BCUT2D eigenvalue weighted by Crippen LogP contribution is 2.27. The van der Waals surface area contributed by atoms with Gasteiger partial charge in [-0.3, -0.25) is 10.1 Å². The molecule has 1 aliphatic rings. The number of rotatable bonds is 5. The van der Waals surface area contributed by atoms with Crippen molar-refractivity contribution in [1.29, 1.82) is 0 Å². The van der Waals surface area contributed by atoms with Gasteiger partial charge >= 0.3 is 5.69 Å². The Hall–Kier alpha value is -1.58. The molecule has 0 bridgehead atoms. The molecule has 0 aromatic heterocycles. The van der Waals surface area contributed by atoms with Gasteiger partial charge in [-0.05, 0) is 50.9 Å². The van der Waals surface area contributed by atoms with E-state index in [0.717, 1.165) is 37.6 Å². The summed E-state index contributed by atoms with van der Waals surface area (Å²) < 4.78 is 40.7. The maximum Gasteiger partial charge on any atom is 0.324 e. The van der Waals surface area contributed by atoms with Gasteiger partial charge in [0.1, 0.15) is 0 Å². The van der Waals surface area contributed by atoms with Crippen LogP contribution in [0.3, 0.4) is 0 Å². The number of sulfonamides is 1. The Bertz CT molecular complexity index is 659. The van der Waals surface area contributed by atoms with E-state index < -0.39 is 37.4 Å². The van der Waals surface area contributed by atoms with Crippen LogP contribution in [-0.4, -0.2) is 32.5 Å². The van der Waals surface area contributed by atoms with Crippen LogP contribution in [0, 0.1) is 21.8 Å². The first-order valence-electron chi connectivity index (χ1n) is 6.99. The minimum atomic E-state index is -4.17. The number of hydrogen-bond donors (Lipinski definition) is 2. The number of para-hydroxylation sites is 1. The fraction of sp³-hybridized carbons (Fsp3) is 0.538. The number of nitrogens with zero attached hydrogens (tertiary/aromatic N) is 1. The summed E-state index contributed by atoms with van der Waals surface area (Å²) in [5.74, 6) is -1.07. The van der Waals surface area contributed by atoms with Crippen LogP contribution in [0.1, 0.15) is 19.8 Å². The lowest BCUT2D eigenvalue weighted by molar-refractivity contribution is -0.390. The topological polar surface area (TPSA) is 101 Å². The summed E-state index contributed by atoms with van der Waals surface area (Å²) in [5, 5.41) is 14.1. The maximum absolute atomic E-state index is 13.6. The van der Waals surface area contributed by atoms with E-state index in [4.69, 9.17) is 0 Å². The molecule has 2 N–H and O–H groups in total. The minimum Gasteiger partial charge on any atom is -0.316 e. The molecule has 7 nitrogen and oxygen atoms in total. The summed E-state index contributed by atoms with van der Waals surface area (Å²) >= 11 is 0. The fourth-order valence-corrected chi connectivity index (χ4v) is 4.09. The van der Waals surface area contributed by atoms with Gasteiger partial charge in [-0.2, -0.15) is 4.39 Å². The Morgan fingerprint density at radius 1 is 1.50 bits per heavy atom. The van der Waals surface area contributed by atoms with Crippen LogP contribution in [0.15, 0.2) is 23.1 Å². The van der Waals surface area contributed by atoms with Gasteiger partial charge in [-0.1, -0.05) is 6.07 Å². The van der Waals surface area contributed by atoms with Crippen molar-refractivity contribution in [3.8, 4) is 0 Å². The molecule has 122 valence electrons. The van der Waals surface area contributed by atoms with Crippen LogP contribution >= 0.6 is 0 Å². The number of hydrogen-bond acceptors (Lipinski definition) is 5. The van der Waals surface area contributed by atoms with E-state index in [0.29, 0.717) is 6.54 Å². The fourth-order valence-electron chi connectivity index (χ4n) is 2.60. The summed E-state index contributed by atoms with van der Waals surface area (Å²) in [6.45, 7) is 3.28. The van der Waals surface area contributed by atoms with Crippen molar-refractivity contribution in [3.05, 3.63) is 34.1 Å². The summed E-state index contributed by atoms with van der Waals surface area (Å²) in [6, 6.07) is 2.64. The van der Waals surface area contributed by atoms with Crippen LogP contribution < -0.4 is 10.0 Å². The van der Waals surface area contributed by atoms with E-state index >= 15 is 0 Å². The number of nitro groups is 1.